The van der Waals surface area contributed by atoms with Crippen molar-refractivity contribution in [3.8, 4) is 0 Å². The Kier molecular flexibility index (Phi) is 3.12. The van der Waals surface area contributed by atoms with Crippen LogP contribution in [0.4, 0.5) is 5.69 Å². The van der Waals surface area contributed by atoms with Gasteiger partial charge >= 0.3 is 5.97 Å². The van der Waals surface area contributed by atoms with Crippen LogP contribution in [0.2, 0.25) is 0 Å². The predicted molar refractivity (Wildman–Crippen MR) is 73.0 cm³/mol. The van der Waals surface area contributed by atoms with Gasteiger partial charge in [-0.25, -0.2) is 0 Å². The third-order valence-electron chi connectivity index (χ3n) is 4.11. The van der Waals surface area contributed by atoms with Gasteiger partial charge in [0.15, 0.2) is 0 Å². The molecule has 1 aliphatic carbocycles. The first-order chi connectivity index (χ1) is 8.76. The molecule has 0 bridgehead atoms. The highest BCUT2D eigenvalue weighted by Gasteiger charge is 2.66. The molecule has 0 heterocycles. The number of hydrogen-bond acceptors (Lipinski definition) is 2. The van der Waals surface area contributed by atoms with Gasteiger partial charge in [0.05, 0.1) is 11.8 Å². The second kappa shape index (κ2) is 4.37. The molecule has 1 aromatic carbocycles. The first kappa shape index (κ1) is 13.6. The van der Waals surface area contributed by atoms with Crippen molar-refractivity contribution in [1.82, 2.24) is 0 Å². The summed E-state index contributed by atoms with van der Waals surface area (Å²) in [6, 6.07) is 7.62. The largest absolute Gasteiger partial charge is 0.481 e. The summed E-state index contributed by atoms with van der Waals surface area (Å²) in [6.45, 7) is 5.64. The maximum Gasteiger partial charge on any atom is 0.307 e. The predicted octanol–water partition coefficient (Wildman–Crippen LogP) is 2.31. The topological polar surface area (TPSA) is 57.6 Å². The van der Waals surface area contributed by atoms with E-state index in [1.807, 2.05) is 45.0 Å². The quantitative estimate of drug-likeness (QED) is 0.908. The van der Waals surface area contributed by atoms with Gasteiger partial charge in [0.25, 0.3) is 0 Å². The van der Waals surface area contributed by atoms with E-state index in [4.69, 9.17) is 5.11 Å². The van der Waals surface area contributed by atoms with Gasteiger partial charge in [-0.15, -0.1) is 0 Å². The third kappa shape index (κ3) is 2.23. The lowest BCUT2D eigenvalue weighted by Gasteiger charge is -2.18. The number of aliphatic carboxylic acids is 1. The van der Waals surface area contributed by atoms with Crippen LogP contribution in [-0.4, -0.2) is 24.0 Å². The minimum atomic E-state index is -0.888. The van der Waals surface area contributed by atoms with E-state index in [1.165, 1.54) is 0 Å². The summed E-state index contributed by atoms with van der Waals surface area (Å²) in [5.74, 6) is -2.02. The highest BCUT2D eigenvalue weighted by Crippen LogP contribution is 2.59. The average Bonchev–Trinajstić information content (AvgIpc) is 2.91. The summed E-state index contributed by atoms with van der Waals surface area (Å²) in [4.78, 5) is 25.1. The fourth-order valence-electron chi connectivity index (χ4n) is 2.66. The molecular formula is C15H19NO3. The molecule has 4 nitrogen and oxygen atoms in total. The molecule has 1 fully saturated rings. The van der Waals surface area contributed by atoms with Crippen molar-refractivity contribution in [2.24, 2.45) is 17.3 Å². The van der Waals surface area contributed by atoms with Crippen LogP contribution < -0.4 is 4.90 Å². The Bertz CT molecular complexity index is 519. The number of carbonyl (C=O) groups is 2. The Morgan fingerprint density at radius 1 is 1.16 bits per heavy atom. The van der Waals surface area contributed by atoms with E-state index in [-0.39, 0.29) is 5.91 Å². The lowest BCUT2D eigenvalue weighted by molar-refractivity contribution is -0.140. The highest BCUT2D eigenvalue weighted by molar-refractivity contribution is 6.01. The average molecular weight is 261 g/mol. The van der Waals surface area contributed by atoms with Gasteiger partial charge in [0.2, 0.25) is 5.91 Å². The zero-order chi connectivity index (χ0) is 14.4. The van der Waals surface area contributed by atoms with Gasteiger partial charge in [-0.05, 0) is 24.5 Å². The first-order valence-electron chi connectivity index (χ1n) is 6.34. The van der Waals surface area contributed by atoms with Crippen molar-refractivity contribution in [3.05, 3.63) is 29.8 Å². The number of benzene rings is 1. The second-order valence-corrected chi connectivity index (χ2v) is 5.85. The van der Waals surface area contributed by atoms with Crippen LogP contribution in [0.5, 0.6) is 0 Å². The van der Waals surface area contributed by atoms with Crippen LogP contribution in [0.1, 0.15) is 19.4 Å². The number of amides is 1. The zero-order valence-electron chi connectivity index (χ0n) is 11.7. The van der Waals surface area contributed by atoms with Gasteiger partial charge in [-0.1, -0.05) is 31.5 Å². The van der Waals surface area contributed by atoms with Crippen LogP contribution in [0.15, 0.2) is 24.3 Å². The standard InChI is InChI=1S/C15H19NO3/c1-9-5-7-10(8-6-9)16(4)13(17)11-12(14(18)19)15(11,2)3/h5-8,11-12H,1-4H3,(H,18,19)/t11-,12+/m1/s1. The van der Waals surface area contributed by atoms with E-state index in [2.05, 4.69) is 0 Å². The normalized spacial score (nSPS) is 23.8. The molecule has 102 valence electrons. The monoisotopic (exact) mass is 261 g/mol. The van der Waals surface area contributed by atoms with Crippen LogP contribution in [0.25, 0.3) is 0 Å². The number of carboxylic acid groups (broad SMARTS) is 1. The first-order valence-corrected chi connectivity index (χ1v) is 6.34. The van der Waals surface area contributed by atoms with Crippen LogP contribution >= 0.6 is 0 Å². The van der Waals surface area contributed by atoms with E-state index in [1.54, 1.807) is 11.9 Å². The number of hydrogen-bond donors (Lipinski definition) is 1. The minimum Gasteiger partial charge on any atom is -0.481 e. The lowest BCUT2D eigenvalue weighted by Crippen LogP contribution is -2.29. The Morgan fingerprint density at radius 2 is 1.68 bits per heavy atom. The van der Waals surface area contributed by atoms with Crippen LogP contribution in [-0.2, 0) is 9.59 Å². The minimum absolute atomic E-state index is 0.124. The number of carbonyl (C=O) groups excluding carboxylic acids is 1. The highest BCUT2D eigenvalue weighted by atomic mass is 16.4. The summed E-state index contributed by atoms with van der Waals surface area (Å²) in [5.41, 5.74) is 1.46. The van der Waals surface area contributed by atoms with E-state index < -0.39 is 23.2 Å². The Morgan fingerprint density at radius 3 is 2.11 bits per heavy atom. The summed E-state index contributed by atoms with van der Waals surface area (Å²) < 4.78 is 0. The van der Waals surface area contributed by atoms with E-state index in [9.17, 15) is 9.59 Å². The number of rotatable bonds is 3. The fraction of sp³-hybridized carbons (Fsp3) is 0.467. The smallest absolute Gasteiger partial charge is 0.307 e. The summed E-state index contributed by atoms with van der Waals surface area (Å²) in [5, 5.41) is 9.13. The van der Waals surface area contributed by atoms with Crippen molar-refractivity contribution in [1.29, 1.82) is 0 Å². The van der Waals surface area contributed by atoms with Crippen molar-refractivity contribution in [2.45, 2.75) is 20.8 Å². The summed E-state index contributed by atoms with van der Waals surface area (Å²) in [7, 11) is 1.69. The molecule has 0 unspecified atom stereocenters. The van der Waals surface area contributed by atoms with Gasteiger partial charge in [-0.2, -0.15) is 0 Å². The van der Waals surface area contributed by atoms with Gasteiger partial charge < -0.3 is 10.0 Å². The van der Waals surface area contributed by atoms with Gasteiger partial charge in [0, 0.05) is 12.7 Å². The molecular weight excluding hydrogens is 242 g/mol. The molecule has 2 rings (SSSR count). The Hall–Kier alpha value is -1.84. The van der Waals surface area contributed by atoms with Gasteiger partial charge in [-0.3, -0.25) is 9.59 Å². The lowest BCUT2D eigenvalue weighted by atomic mass is 10.1. The molecule has 0 aliphatic heterocycles. The molecule has 0 spiro atoms. The number of nitrogens with zero attached hydrogens (tertiary/aromatic N) is 1. The molecule has 1 saturated carbocycles. The molecule has 1 aliphatic rings. The van der Waals surface area contributed by atoms with Crippen LogP contribution in [0.3, 0.4) is 0 Å². The molecule has 0 radical (unpaired) electrons. The molecule has 19 heavy (non-hydrogen) atoms. The number of carboxylic acids is 1. The van der Waals surface area contributed by atoms with E-state index >= 15 is 0 Å². The summed E-state index contributed by atoms with van der Waals surface area (Å²) >= 11 is 0. The number of anilines is 1. The molecule has 1 amide bonds. The molecule has 0 saturated heterocycles. The van der Waals surface area contributed by atoms with Gasteiger partial charge in [0.1, 0.15) is 0 Å². The molecule has 1 N–H and O–H groups in total. The SMILES string of the molecule is Cc1ccc(N(C)C(=O)[C@H]2[C@@H](C(=O)O)C2(C)C)cc1. The zero-order valence-corrected chi connectivity index (χ0v) is 11.7. The van der Waals surface area contributed by atoms with Crippen molar-refractivity contribution in [3.63, 3.8) is 0 Å². The van der Waals surface area contributed by atoms with Crippen molar-refractivity contribution in [2.75, 3.05) is 11.9 Å². The maximum atomic E-state index is 12.4. The molecule has 1 aromatic rings. The Labute approximate surface area is 113 Å². The third-order valence-corrected chi connectivity index (χ3v) is 4.11. The second-order valence-electron chi connectivity index (χ2n) is 5.85. The molecule has 2 atom stereocenters. The maximum absolute atomic E-state index is 12.4. The molecule has 4 heteroatoms. The number of aryl methyl sites for hydroxylation is 1. The fourth-order valence-corrected chi connectivity index (χ4v) is 2.66. The van der Waals surface area contributed by atoms with Crippen molar-refractivity contribution >= 4 is 17.6 Å². The van der Waals surface area contributed by atoms with E-state index in [0.717, 1.165) is 11.3 Å². The summed E-state index contributed by atoms with van der Waals surface area (Å²) in [6.07, 6.45) is 0. The van der Waals surface area contributed by atoms with E-state index in [0.29, 0.717) is 0 Å². The Balaban J connectivity index is 2.17. The van der Waals surface area contributed by atoms with Crippen molar-refractivity contribution < 1.29 is 14.7 Å². The molecule has 0 aromatic heterocycles. The van der Waals surface area contributed by atoms with Crippen LogP contribution in [0, 0.1) is 24.2 Å².